The molecule has 2 aromatic rings. The molecule has 1 saturated carbocycles. The zero-order valence-corrected chi connectivity index (χ0v) is 21.6. The van der Waals surface area contributed by atoms with E-state index in [4.69, 9.17) is 69.6 Å². The second kappa shape index (κ2) is 9.61. The van der Waals surface area contributed by atoms with Crippen molar-refractivity contribution in [3.05, 3.63) is 61.5 Å². The predicted octanol–water partition coefficient (Wildman–Crippen LogP) is 7.06. The molecule has 1 heterocycles. The summed E-state index contributed by atoms with van der Waals surface area (Å²) in [6.45, 7) is 0. The van der Waals surface area contributed by atoms with Crippen molar-refractivity contribution in [2.24, 2.45) is 5.92 Å². The average Bonchev–Trinajstić information content (AvgIpc) is 3.04. The molecule has 2 amide bonds. The number of carbonyl (C=O) groups is 2. The van der Waals surface area contributed by atoms with Crippen LogP contribution in [-0.4, -0.2) is 33.7 Å². The molecule has 1 aliphatic heterocycles. The Kier molecular flexibility index (Phi) is 7.39. The molecule has 32 heavy (non-hydrogen) atoms. The molecular formula is C21H16Cl6N2O2S. The van der Waals surface area contributed by atoms with Crippen LogP contribution in [0.5, 0.6) is 0 Å². The van der Waals surface area contributed by atoms with E-state index in [-0.39, 0.29) is 32.6 Å². The topological polar surface area (TPSA) is 58.2 Å². The number of amides is 2. The summed E-state index contributed by atoms with van der Waals surface area (Å²) in [7, 11) is 0. The van der Waals surface area contributed by atoms with Crippen LogP contribution in [0.3, 0.4) is 0 Å². The third-order valence-corrected chi connectivity index (χ3v) is 9.07. The highest BCUT2D eigenvalue weighted by Crippen LogP contribution is 2.65. The fourth-order valence-corrected chi connectivity index (χ4v) is 6.53. The van der Waals surface area contributed by atoms with Crippen LogP contribution >= 0.6 is 81.4 Å². The normalized spacial score (nSPS) is 23.6. The number of alkyl halides is 2. The Morgan fingerprint density at radius 3 is 2.31 bits per heavy atom. The summed E-state index contributed by atoms with van der Waals surface area (Å²) in [6, 6.07) is 8.02. The molecule has 0 spiro atoms. The van der Waals surface area contributed by atoms with Crippen LogP contribution in [0.1, 0.15) is 28.3 Å². The van der Waals surface area contributed by atoms with Gasteiger partial charge in [-0.25, -0.2) is 0 Å². The third-order valence-electron chi connectivity index (χ3n) is 5.44. The van der Waals surface area contributed by atoms with E-state index in [1.165, 1.54) is 6.07 Å². The zero-order chi connectivity index (χ0) is 23.2. The number of hydrogen-bond donors (Lipinski definition) is 2. The quantitative estimate of drug-likeness (QED) is 0.298. The number of benzene rings is 2. The number of thioether (sulfide) groups is 1. The highest BCUT2D eigenvalue weighted by Gasteiger charge is 2.67. The van der Waals surface area contributed by atoms with Crippen LogP contribution in [0.2, 0.25) is 20.1 Å². The number of anilines is 1. The molecule has 2 aromatic carbocycles. The first kappa shape index (κ1) is 24.6. The lowest BCUT2D eigenvalue weighted by molar-refractivity contribution is -0.117. The maximum Gasteiger partial charge on any atom is 0.253 e. The first-order valence-corrected chi connectivity index (χ1v) is 13.0. The third kappa shape index (κ3) is 4.95. The van der Waals surface area contributed by atoms with Gasteiger partial charge in [-0.15, -0.1) is 23.2 Å². The Morgan fingerprint density at radius 1 is 1.00 bits per heavy atom. The van der Waals surface area contributed by atoms with E-state index in [2.05, 4.69) is 10.6 Å². The summed E-state index contributed by atoms with van der Waals surface area (Å²) in [4.78, 5) is 25.6. The van der Waals surface area contributed by atoms with Gasteiger partial charge in [0.2, 0.25) is 5.91 Å². The molecule has 3 unspecified atom stereocenters. The second-order valence-electron chi connectivity index (χ2n) is 7.65. The number of hydrogen-bond acceptors (Lipinski definition) is 3. The molecule has 4 nitrogen and oxygen atoms in total. The molecule has 0 aromatic heterocycles. The maximum absolute atomic E-state index is 12.9. The fraction of sp³-hybridized carbons (Fsp3) is 0.333. The minimum absolute atomic E-state index is 0.111. The van der Waals surface area contributed by atoms with E-state index >= 15 is 0 Å². The van der Waals surface area contributed by atoms with E-state index in [1.807, 2.05) is 0 Å². The van der Waals surface area contributed by atoms with Crippen molar-refractivity contribution in [2.75, 3.05) is 16.8 Å². The van der Waals surface area contributed by atoms with Crippen molar-refractivity contribution in [3.8, 4) is 0 Å². The standard InChI is InChI=1S/C21H16Cl6N2O2S/c22-13-2-1-10(7-12(13)19(30)29-11-3-4-32-8-11)28-20(31)17-16(21(17,26)27)9-5-14(23)18(25)15(24)6-9/h1-2,5-7,11,16-17H,3-4,8H2,(H,28,31)(H,29,30). The van der Waals surface area contributed by atoms with Crippen molar-refractivity contribution in [3.63, 3.8) is 0 Å². The van der Waals surface area contributed by atoms with Crippen LogP contribution in [0, 0.1) is 5.92 Å². The molecule has 2 fully saturated rings. The van der Waals surface area contributed by atoms with E-state index in [1.54, 1.807) is 36.0 Å². The summed E-state index contributed by atoms with van der Waals surface area (Å²) < 4.78 is -1.34. The summed E-state index contributed by atoms with van der Waals surface area (Å²) in [5.41, 5.74) is 1.31. The van der Waals surface area contributed by atoms with Gasteiger partial charge in [0.1, 0.15) is 4.33 Å². The Morgan fingerprint density at radius 2 is 1.69 bits per heavy atom. The van der Waals surface area contributed by atoms with Crippen molar-refractivity contribution < 1.29 is 9.59 Å². The summed E-state index contributed by atoms with van der Waals surface area (Å²) in [5.74, 6) is -0.0640. The largest absolute Gasteiger partial charge is 0.348 e. The average molecular weight is 573 g/mol. The van der Waals surface area contributed by atoms with Crippen molar-refractivity contribution in [1.29, 1.82) is 0 Å². The van der Waals surface area contributed by atoms with Gasteiger partial charge in [0, 0.05) is 23.4 Å². The van der Waals surface area contributed by atoms with Gasteiger partial charge in [-0.05, 0) is 48.1 Å². The van der Waals surface area contributed by atoms with Crippen LogP contribution in [0.25, 0.3) is 0 Å². The molecule has 3 atom stereocenters. The lowest BCUT2D eigenvalue weighted by Crippen LogP contribution is -2.34. The minimum Gasteiger partial charge on any atom is -0.348 e. The molecule has 0 radical (unpaired) electrons. The highest BCUT2D eigenvalue weighted by molar-refractivity contribution is 7.99. The number of rotatable bonds is 5. The van der Waals surface area contributed by atoms with Gasteiger partial charge in [-0.1, -0.05) is 46.4 Å². The molecule has 2 aliphatic rings. The van der Waals surface area contributed by atoms with E-state index in [9.17, 15) is 9.59 Å². The van der Waals surface area contributed by atoms with Crippen molar-refractivity contribution in [2.45, 2.75) is 22.7 Å². The monoisotopic (exact) mass is 570 g/mol. The summed E-state index contributed by atoms with van der Waals surface area (Å²) >= 11 is 39.1. The predicted molar refractivity (Wildman–Crippen MR) is 135 cm³/mol. The molecule has 1 aliphatic carbocycles. The van der Waals surface area contributed by atoms with Gasteiger partial charge in [0.15, 0.2) is 0 Å². The van der Waals surface area contributed by atoms with Gasteiger partial charge in [0.05, 0.1) is 31.6 Å². The highest BCUT2D eigenvalue weighted by atomic mass is 35.5. The van der Waals surface area contributed by atoms with E-state index in [0.717, 1.165) is 17.9 Å². The molecule has 170 valence electrons. The SMILES string of the molecule is O=C(NC1CCSC1)c1cc(NC(=O)C2C(c3cc(Cl)c(Cl)c(Cl)c3)C2(Cl)Cl)ccc1Cl. The lowest BCUT2D eigenvalue weighted by Gasteiger charge is -2.13. The van der Waals surface area contributed by atoms with E-state index < -0.39 is 22.1 Å². The molecular weight excluding hydrogens is 557 g/mol. The van der Waals surface area contributed by atoms with Gasteiger partial charge in [-0.2, -0.15) is 11.8 Å². The first-order chi connectivity index (χ1) is 15.1. The van der Waals surface area contributed by atoms with Crippen LogP contribution in [-0.2, 0) is 4.79 Å². The van der Waals surface area contributed by atoms with Gasteiger partial charge in [0.25, 0.3) is 5.91 Å². The lowest BCUT2D eigenvalue weighted by atomic mass is 10.1. The summed E-state index contributed by atoms with van der Waals surface area (Å²) in [5, 5.41) is 6.76. The van der Waals surface area contributed by atoms with Crippen molar-refractivity contribution >= 4 is 98.9 Å². The van der Waals surface area contributed by atoms with Crippen LogP contribution in [0.4, 0.5) is 5.69 Å². The first-order valence-electron chi connectivity index (χ1n) is 9.61. The second-order valence-corrected chi connectivity index (χ2v) is 11.8. The molecule has 2 N–H and O–H groups in total. The molecule has 0 bridgehead atoms. The molecule has 11 heteroatoms. The number of nitrogens with one attached hydrogen (secondary N) is 2. The maximum atomic E-state index is 12.9. The number of carbonyl (C=O) groups excluding carboxylic acids is 2. The molecule has 4 rings (SSSR count). The van der Waals surface area contributed by atoms with Gasteiger partial charge in [-0.3, -0.25) is 9.59 Å². The molecule has 1 saturated heterocycles. The van der Waals surface area contributed by atoms with Gasteiger partial charge >= 0.3 is 0 Å². The minimum atomic E-state index is -1.34. The van der Waals surface area contributed by atoms with Crippen LogP contribution < -0.4 is 10.6 Å². The summed E-state index contributed by atoms with van der Waals surface area (Å²) in [6.07, 6.45) is 0.916. The Labute approximate surface area is 219 Å². The Hall–Kier alpha value is -0.530. The van der Waals surface area contributed by atoms with E-state index in [0.29, 0.717) is 16.3 Å². The Balaban J connectivity index is 1.49. The smallest absolute Gasteiger partial charge is 0.253 e. The van der Waals surface area contributed by atoms with Crippen molar-refractivity contribution in [1.82, 2.24) is 5.32 Å². The zero-order valence-electron chi connectivity index (χ0n) is 16.2. The number of halogens is 6. The Bertz CT molecular complexity index is 1070. The fourth-order valence-electron chi connectivity index (χ4n) is 3.73. The van der Waals surface area contributed by atoms with Crippen LogP contribution in [0.15, 0.2) is 30.3 Å². The van der Waals surface area contributed by atoms with Gasteiger partial charge < -0.3 is 10.6 Å².